The van der Waals surface area contributed by atoms with Crippen molar-refractivity contribution >= 4 is 12.6 Å². The van der Waals surface area contributed by atoms with Gasteiger partial charge in [0.15, 0.2) is 0 Å². The van der Waals surface area contributed by atoms with Gasteiger partial charge in [-0.25, -0.2) is 0 Å². The van der Waals surface area contributed by atoms with Crippen LogP contribution in [0.5, 0.6) is 0 Å². The van der Waals surface area contributed by atoms with E-state index >= 15 is 0 Å². The van der Waals surface area contributed by atoms with E-state index < -0.39 is 0 Å². The molecule has 1 N–H and O–H groups in total. The number of aliphatic hydroxyl groups is 1. The predicted octanol–water partition coefficient (Wildman–Crippen LogP) is 7.52. The number of hydrogen-bond donors (Lipinski definition) is 2. The molecule has 0 aromatic carbocycles. The molecule has 0 bridgehead atoms. The molecular weight excluding hydrogens is 372 g/mol. The first-order valence-electron chi connectivity index (χ1n) is 13.0. The van der Waals surface area contributed by atoms with Gasteiger partial charge in [-0.3, -0.25) is 0 Å². The van der Waals surface area contributed by atoms with Crippen molar-refractivity contribution in [3.63, 3.8) is 0 Å². The van der Waals surface area contributed by atoms with Gasteiger partial charge in [0, 0.05) is 4.75 Å². The number of fused-ring (bicyclic) bond motifs is 5. The molecule has 0 radical (unpaired) electrons. The molecule has 1 unspecified atom stereocenters. The van der Waals surface area contributed by atoms with Gasteiger partial charge in [0.2, 0.25) is 0 Å². The van der Waals surface area contributed by atoms with Crippen LogP contribution in [0.25, 0.3) is 0 Å². The van der Waals surface area contributed by atoms with Crippen LogP contribution < -0.4 is 0 Å². The molecule has 4 fully saturated rings. The molecule has 4 saturated carbocycles. The van der Waals surface area contributed by atoms with Crippen LogP contribution in [0.4, 0.5) is 0 Å². The van der Waals surface area contributed by atoms with Crippen LogP contribution in [0.1, 0.15) is 112 Å². The van der Waals surface area contributed by atoms with E-state index in [9.17, 15) is 5.11 Å². The largest absolute Gasteiger partial charge is 0.393 e. The minimum Gasteiger partial charge on any atom is -0.393 e. The minimum atomic E-state index is -0.0262. The topological polar surface area (TPSA) is 20.2 Å². The molecule has 29 heavy (non-hydrogen) atoms. The molecule has 1 nitrogen and oxygen atoms in total. The lowest BCUT2D eigenvalue weighted by Crippen LogP contribution is -2.56. The summed E-state index contributed by atoms with van der Waals surface area (Å²) < 4.78 is 0.236. The van der Waals surface area contributed by atoms with Crippen molar-refractivity contribution in [2.75, 3.05) is 0 Å². The molecule has 9 atom stereocenters. The van der Waals surface area contributed by atoms with Crippen molar-refractivity contribution in [1.82, 2.24) is 0 Å². The maximum Gasteiger partial charge on any atom is 0.0543 e. The van der Waals surface area contributed by atoms with Crippen molar-refractivity contribution in [3.05, 3.63) is 0 Å². The molecule has 168 valence electrons. The highest BCUT2D eigenvalue weighted by atomic mass is 32.1. The van der Waals surface area contributed by atoms with E-state index in [0.29, 0.717) is 10.8 Å². The standard InChI is InChI=1S/C27H48OS/c1-18(2)7-6-8-19(3)27(29)16-13-24-22-10-9-20-17-21(28)11-14-25(20,4)23(22)12-15-26(24,27)5/h18-24,28-29H,6-17H2,1-5H3/t19-,20?,21-,22-,23+,24+,25+,26+,27+/m1/s1. The van der Waals surface area contributed by atoms with E-state index in [4.69, 9.17) is 12.6 Å². The molecule has 0 amide bonds. The monoisotopic (exact) mass is 420 g/mol. The fraction of sp³-hybridized carbons (Fsp3) is 1.00. The Balaban J connectivity index is 1.51. The smallest absolute Gasteiger partial charge is 0.0543 e. The van der Waals surface area contributed by atoms with Gasteiger partial charge in [-0.1, -0.05) is 47.5 Å². The zero-order valence-corrected chi connectivity index (χ0v) is 20.8. The zero-order valence-electron chi connectivity index (χ0n) is 19.9. The van der Waals surface area contributed by atoms with Gasteiger partial charge in [0.1, 0.15) is 0 Å². The number of hydrogen-bond acceptors (Lipinski definition) is 2. The van der Waals surface area contributed by atoms with E-state index in [1.807, 2.05) is 0 Å². The SMILES string of the molecule is CC(C)CCC[C@@H](C)[C@@]1(S)CC[C@H]2[C@@H]3CCC4C[C@H](O)CC[C@]4(C)[C@H]3CC[C@@]21C. The Morgan fingerprint density at radius 3 is 2.34 bits per heavy atom. The lowest BCUT2D eigenvalue weighted by molar-refractivity contribution is -0.126. The quantitative estimate of drug-likeness (QED) is 0.441. The van der Waals surface area contributed by atoms with Gasteiger partial charge in [-0.2, -0.15) is 12.6 Å². The fourth-order valence-electron chi connectivity index (χ4n) is 9.17. The second-order valence-electron chi connectivity index (χ2n) is 12.7. The fourth-order valence-corrected chi connectivity index (χ4v) is 9.70. The first-order chi connectivity index (χ1) is 13.6. The molecular formula is C27H48OS. The van der Waals surface area contributed by atoms with Gasteiger partial charge >= 0.3 is 0 Å². The van der Waals surface area contributed by atoms with Crippen LogP contribution in [0.3, 0.4) is 0 Å². The molecule has 0 aromatic heterocycles. The lowest BCUT2D eigenvalue weighted by atomic mass is 9.44. The van der Waals surface area contributed by atoms with Crippen LogP contribution in [0.2, 0.25) is 0 Å². The average molecular weight is 421 g/mol. The van der Waals surface area contributed by atoms with Crippen molar-refractivity contribution < 1.29 is 5.11 Å². The second-order valence-corrected chi connectivity index (χ2v) is 13.5. The minimum absolute atomic E-state index is 0.0262. The summed E-state index contributed by atoms with van der Waals surface area (Å²) in [5.41, 5.74) is 0.917. The normalized spacial score (nSPS) is 50.7. The summed E-state index contributed by atoms with van der Waals surface area (Å²) in [6.07, 6.45) is 15.8. The third kappa shape index (κ3) is 3.55. The maximum atomic E-state index is 10.3. The Hall–Kier alpha value is 0.310. The Labute approximate surface area is 186 Å². The van der Waals surface area contributed by atoms with Gasteiger partial charge in [-0.15, -0.1) is 0 Å². The molecule has 4 aliphatic carbocycles. The van der Waals surface area contributed by atoms with Gasteiger partial charge in [-0.05, 0) is 111 Å². The summed E-state index contributed by atoms with van der Waals surface area (Å²) in [6.45, 7) is 12.5. The van der Waals surface area contributed by atoms with E-state index in [1.54, 1.807) is 0 Å². The second kappa shape index (κ2) is 8.02. The Morgan fingerprint density at radius 2 is 1.62 bits per heavy atom. The summed E-state index contributed by atoms with van der Waals surface area (Å²) in [6, 6.07) is 0. The highest BCUT2D eigenvalue weighted by Gasteiger charge is 2.64. The first-order valence-corrected chi connectivity index (χ1v) is 13.5. The van der Waals surface area contributed by atoms with Crippen LogP contribution in [0.15, 0.2) is 0 Å². The molecule has 2 heteroatoms. The lowest BCUT2D eigenvalue weighted by Gasteiger charge is -2.62. The average Bonchev–Trinajstić information content (AvgIpc) is 2.94. The molecule has 4 rings (SSSR count). The number of thiol groups is 1. The van der Waals surface area contributed by atoms with Crippen LogP contribution >= 0.6 is 12.6 Å². The number of rotatable bonds is 5. The highest BCUT2D eigenvalue weighted by molar-refractivity contribution is 7.81. The molecule has 0 aliphatic heterocycles. The van der Waals surface area contributed by atoms with Crippen molar-refractivity contribution in [1.29, 1.82) is 0 Å². The van der Waals surface area contributed by atoms with E-state index in [1.165, 1.54) is 64.2 Å². The Bertz CT molecular complexity index is 589. The van der Waals surface area contributed by atoms with E-state index in [2.05, 4.69) is 34.6 Å². The molecule has 0 heterocycles. The molecule has 0 spiro atoms. The Kier molecular flexibility index (Phi) is 6.22. The third-order valence-electron chi connectivity index (χ3n) is 11.1. The van der Waals surface area contributed by atoms with Crippen LogP contribution in [0, 0.1) is 46.3 Å². The van der Waals surface area contributed by atoms with Crippen molar-refractivity contribution in [2.24, 2.45) is 46.3 Å². The molecule has 0 saturated heterocycles. The number of aliphatic hydroxyl groups excluding tert-OH is 1. The van der Waals surface area contributed by atoms with E-state index in [0.717, 1.165) is 48.3 Å². The van der Waals surface area contributed by atoms with Gasteiger partial charge in [0.25, 0.3) is 0 Å². The predicted molar refractivity (Wildman–Crippen MR) is 127 cm³/mol. The first kappa shape index (κ1) is 22.5. The van der Waals surface area contributed by atoms with Gasteiger partial charge in [0.05, 0.1) is 6.10 Å². The molecule has 4 aliphatic rings. The summed E-state index contributed by atoms with van der Waals surface area (Å²) in [5.74, 6) is 5.03. The highest BCUT2D eigenvalue weighted by Crippen LogP contribution is 2.70. The van der Waals surface area contributed by atoms with Crippen molar-refractivity contribution in [3.8, 4) is 0 Å². The zero-order chi connectivity index (χ0) is 21.0. The maximum absolute atomic E-state index is 10.3. The van der Waals surface area contributed by atoms with Crippen LogP contribution in [-0.4, -0.2) is 16.0 Å². The summed E-state index contributed by atoms with van der Waals surface area (Å²) in [5, 5.41) is 10.3. The van der Waals surface area contributed by atoms with Crippen molar-refractivity contribution in [2.45, 2.75) is 123 Å². The third-order valence-corrected chi connectivity index (χ3v) is 12.3. The summed E-state index contributed by atoms with van der Waals surface area (Å²) in [4.78, 5) is 0. The van der Waals surface area contributed by atoms with E-state index in [-0.39, 0.29) is 10.9 Å². The van der Waals surface area contributed by atoms with Gasteiger partial charge < -0.3 is 5.11 Å². The molecule has 0 aromatic rings. The Morgan fingerprint density at radius 1 is 0.897 bits per heavy atom. The summed E-state index contributed by atoms with van der Waals surface area (Å²) in [7, 11) is 0. The summed E-state index contributed by atoms with van der Waals surface area (Å²) >= 11 is 5.56. The van der Waals surface area contributed by atoms with Crippen LogP contribution in [-0.2, 0) is 0 Å².